The molecule has 0 aromatic heterocycles. The zero-order valence-electron chi connectivity index (χ0n) is 15.0. The van der Waals surface area contributed by atoms with Gasteiger partial charge in [-0.3, -0.25) is 4.79 Å². The fourth-order valence-corrected chi connectivity index (χ4v) is 1.98. The summed E-state index contributed by atoms with van der Waals surface area (Å²) in [5, 5.41) is 27.5. The van der Waals surface area contributed by atoms with Gasteiger partial charge >= 0.3 is 5.97 Å². The first-order valence-corrected chi connectivity index (χ1v) is 8.84. The second kappa shape index (κ2) is 17.0. The molecule has 0 spiro atoms. The number of carbonyl (C=O) groups is 1. The van der Waals surface area contributed by atoms with Gasteiger partial charge < -0.3 is 20.1 Å². The van der Waals surface area contributed by atoms with E-state index in [2.05, 4.69) is 23.7 Å². The van der Waals surface area contributed by atoms with Crippen molar-refractivity contribution >= 4 is 5.97 Å². The Hall–Kier alpha value is -1.79. The minimum absolute atomic E-state index is 0.122. The fraction of sp³-hybridized carbons (Fsp3) is 0.650. The first-order chi connectivity index (χ1) is 12.1. The van der Waals surface area contributed by atoms with Crippen LogP contribution in [0.15, 0.2) is 12.2 Å². The molecule has 25 heavy (non-hydrogen) atoms. The van der Waals surface area contributed by atoms with Crippen LogP contribution in [0.5, 0.6) is 0 Å². The fourth-order valence-electron chi connectivity index (χ4n) is 1.98. The molecule has 0 unspecified atom stereocenters. The maximum atomic E-state index is 10.6. The van der Waals surface area contributed by atoms with Crippen LogP contribution in [0.2, 0.25) is 0 Å². The van der Waals surface area contributed by atoms with E-state index in [0.29, 0.717) is 6.61 Å². The Labute approximate surface area is 151 Å². The summed E-state index contributed by atoms with van der Waals surface area (Å²) in [6.07, 6.45) is 9.39. The van der Waals surface area contributed by atoms with E-state index in [0.717, 1.165) is 44.9 Å². The molecule has 0 aromatic rings. The van der Waals surface area contributed by atoms with E-state index in [-0.39, 0.29) is 19.0 Å². The molecule has 0 aliphatic heterocycles. The van der Waals surface area contributed by atoms with Crippen molar-refractivity contribution in [2.75, 3.05) is 13.2 Å². The second-order valence-electron chi connectivity index (χ2n) is 5.69. The molecule has 5 nitrogen and oxygen atoms in total. The maximum absolute atomic E-state index is 10.6. The molecule has 2 atom stereocenters. The summed E-state index contributed by atoms with van der Waals surface area (Å²) in [6, 6.07) is 0. The Morgan fingerprint density at radius 2 is 1.68 bits per heavy atom. The Morgan fingerprint density at radius 1 is 1.04 bits per heavy atom. The van der Waals surface area contributed by atoms with Crippen molar-refractivity contribution in [2.45, 2.75) is 70.5 Å². The van der Waals surface area contributed by atoms with Crippen LogP contribution in [-0.2, 0) is 9.53 Å². The average molecular weight is 350 g/mol. The molecular formula is C20H30O5. The number of allylic oxidation sites excluding steroid dienone is 1. The molecule has 0 amide bonds. The van der Waals surface area contributed by atoms with Gasteiger partial charge in [-0.05, 0) is 37.2 Å². The minimum atomic E-state index is -0.881. The molecule has 5 heteroatoms. The molecule has 0 aliphatic carbocycles. The standard InChI is InChI=1S/C20H30O5/c1-18(22)25-17-11-7-5-3-2-4-6-8-12-19(23)13-9-10-14-20(24)15-16-21/h8,12,19-21,23-24H,2-7,11,15-17H2,1H3/b12-8-/t19-,20+/m0/s1. The van der Waals surface area contributed by atoms with Crippen LogP contribution in [0.1, 0.15) is 58.3 Å². The lowest BCUT2D eigenvalue weighted by Gasteiger charge is -2.02. The van der Waals surface area contributed by atoms with Crippen LogP contribution in [-0.4, -0.2) is 46.7 Å². The smallest absolute Gasteiger partial charge is 0.302 e. The minimum Gasteiger partial charge on any atom is -0.466 e. The van der Waals surface area contributed by atoms with Crippen molar-refractivity contribution in [1.82, 2.24) is 0 Å². The highest BCUT2D eigenvalue weighted by Crippen LogP contribution is 2.08. The van der Waals surface area contributed by atoms with Crippen molar-refractivity contribution < 1.29 is 24.9 Å². The molecule has 0 aliphatic rings. The number of aliphatic hydroxyl groups excluding tert-OH is 3. The monoisotopic (exact) mass is 350 g/mol. The van der Waals surface area contributed by atoms with Crippen LogP contribution < -0.4 is 0 Å². The first kappa shape index (κ1) is 23.2. The Bertz CT molecular complexity index is 490. The van der Waals surface area contributed by atoms with Crippen molar-refractivity contribution in [3.8, 4) is 23.7 Å². The normalized spacial score (nSPS) is 12.6. The van der Waals surface area contributed by atoms with Gasteiger partial charge in [-0.15, -0.1) is 0 Å². The van der Waals surface area contributed by atoms with E-state index in [1.165, 1.54) is 6.92 Å². The third kappa shape index (κ3) is 18.4. The number of unbranched alkanes of at least 4 members (excludes halogenated alkanes) is 6. The molecule has 0 aromatic carbocycles. The Morgan fingerprint density at radius 3 is 2.36 bits per heavy atom. The van der Waals surface area contributed by atoms with E-state index < -0.39 is 12.2 Å². The van der Waals surface area contributed by atoms with E-state index in [9.17, 15) is 15.0 Å². The van der Waals surface area contributed by atoms with Gasteiger partial charge in [-0.2, -0.15) is 0 Å². The quantitative estimate of drug-likeness (QED) is 0.217. The molecule has 0 heterocycles. The summed E-state index contributed by atoms with van der Waals surface area (Å²) in [5.41, 5.74) is 0. The van der Waals surface area contributed by atoms with Crippen LogP contribution in [0, 0.1) is 23.7 Å². The van der Waals surface area contributed by atoms with Gasteiger partial charge in [-0.1, -0.05) is 43.6 Å². The van der Waals surface area contributed by atoms with Crippen molar-refractivity contribution in [2.24, 2.45) is 0 Å². The van der Waals surface area contributed by atoms with E-state index >= 15 is 0 Å². The molecule has 0 radical (unpaired) electrons. The SMILES string of the molecule is CC(=O)OCCCCCCCC/C=C\[C@H](O)C#CC#C[C@@H](O)CCO. The van der Waals surface area contributed by atoms with Crippen molar-refractivity contribution in [3.63, 3.8) is 0 Å². The van der Waals surface area contributed by atoms with Crippen LogP contribution in [0.25, 0.3) is 0 Å². The molecule has 3 N–H and O–H groups in total. The van der Waals surface area contributed by atoms with Gasteiger partial charge in [0.15, 0.2) is 0 Å². The predicted molar refractivity (Wildman–Crippen MR) is 97.4 cm³/mol. The van der Waals surface area contributed by atoms with E-state index in [1.54, 1.807) is 6.08 Å². The van der Waals surface area contributed by atoms with Crippen LogP contribution in [0.4, 0.5) is 0 Å². The number of hydrogen-bond donors (Lipinski definition) is 3. The third-order valence-corrected chi connectivity index (χ3v) is 3.31. The van der Waals surface area contributed by atoms with Crippen LogP contribution >= 0.6 is 0 Å². The zero-order valence-corrected chi connectivity index (χ0v) is 15.0. The highest BCUT2D eigenvalue weighted by molar-refractivity contribution is 5.65. The number of esters is 1. The number of ether oxygens (including phenoxy) is 1. The number of aliphatic hydroxyl groups is 3. The number of rotatable bonds is 12. The summed E-state index contributed by atoms with van der Waals surface area (Å²) in [4.78, 5) is 10.6. The second-order valence-corrected chi connectivity index (χ2v) is 5.69. The van der Waals surface area contributed by atoms with Gasteiger partial charge in [0.1, 0.15) is 12.2 Å². The van der Waals surface area contributed by atoms with E-state index in [4.69, 9.17) is 9.84 Å². The average Bonchev–Trinajstić information content (AvgIpc) is 2.56. The third-order valence-electron chi connectivity index (χ3n) is 3.31. The van der Waals surface area contributed by atoms with Crippen molar-refractivity contribution in [1.29, 1.82) is 0 Å². The highest BCUT2D eigenvalue weighted by atomic mass is 16.5. The number of carbonyl (C=O) groups excluding carboxylic acids is 1. The molecule has 0 bridgehead atoms. The van der Waals surface area contributed by atoms with Gasteiger partial charge in [0.2, 0.25) is 0 Å². The van der Waals surface area contributed by atoms with Gasteiger partial charge in [0, 0.05) is 20.0 Å². The Balaban J connectivity index is 3.60. The van der Waals surface area contributed by atoms with Crippen molar-refractivity contribution in [3.05, 3.63) is 12.2 Å². The predicted octanol–water partition coefficient (Wildman–Crippen LogP) is 1.95. The first-order valence-electron chi connectivity index (χ1n) is 8.84. The molecular weight excluding hydrogens is 320 g/mol. The summed E-state index contributed by atoms with van der Waals surface area (Å²) < 4.78 is 4.87. The zero-order chi connectivity index (χ0) is 18.8. The number of hydrogen-bond acceptors (Lipinski definition) is 5. The maximum Gasteiger partial charge on any atom is 0.302 e. The van der Waals surface area contributed by atoms with Gasteiger partial charge in [-0.25, -0.2) is 0 Å². The van der Waals surface area contributed by atoms with E-state index in [1.807, 2.05) is 6.08 Å². The topological polar surface area (TPSA) is 87.0 Å². The highest BCUT2D eigenvalue weighted by Gasteiger charge is 1.95. The molecule has 0 saturated heterocycles. The summed E-state index contributed by atoms with van der Waals surface area (Å²) in [5.74, 6) is 9.74. The summed E-state index contributed by atoms with van der Waals surface area (Å²) >= 11 is 0. The lowest BCUT2D eigenvalue weighted by Crippen LogP contribution is -2.04. The van der Waals surface area contributed by atoms with Gasteiger partial charge in [0.25, 0.3) is 0 Å². The summed E-state index contributed by atoms with van der Waals surface area (Å²) in [6.45, 7) is 1.82. The van der Waals surface area contributed by atoms with Crippen LogP contribution in [0.3, 0.4) is 0 Å². The molecule has 0 rings (SSSR count). The molecule has 0 fully saturated rings. The molecule has 0 saturated carbocycles. The lowest BCUT2D eigenvalue weighted by molar-refractivity contribution is -0.141. The lowest BCUT2D eigenvalue weighted by atomic mass is 10.1. The largest absolute Gasteiger partial charge is 0.466 e. The summed E-state index contributed by atoms with van der Waals surface area (Å²) in [7, 11) is 0. The van der Waals surface area contributed by atoms with Gasteiger partial charge in [0.05, 0.1) is 6.61 Å². The Kier molecular flexibility index (Phi) is 15.8. The molecule has 140 valence electrons.